The largest absolute Gasteiger partial charge is 0.454 e. The van der Waals surface area contributed by atoms with Crippen molar-refractivity contribution in [3.05, 3.63) is 23.8 Å². The van der Waals surface area contributed by atoms with Crippen molar-refractivity contribution in [1.82, 2.24) is 5.32 Å². The Labute approximate surface area is 106 Å². The van der Waals surface area contributed by atoms with Crippen molar-refractivity contribution in [2.75, 3.05) is 19.9 Å². The van der Waals surface area contributed by atoms with Crippen LogP contribution in [0.5, 0.6) is 11.5 Å². The quantitative estimate of drug-likeness (QED) is 0.724. The van der Waals surface area contributed by atoms with Crippen LogP contribution in [0.25, 0.3) is 0 Å². The Kier molecular flexibility index (Phi) is 3.75. The molecule has 5 nitrogen and oxygen atoms in total. The van der Waals surface area contributed by atoms with Crippen LogP contribution in [0.1, 0.15) is 25.5 Å². The van der Waals surface area contributed by atoms with E-state index in [1.807, 2.05) is 25.1 Å². The first-order valence-electron chi connectivity index (χ1n) is 5.98. The smallest absolute Gasteiger partial charge is 0.231 e. The second kappa shape index (κ2) is 5.14. The molecule has 2 unspecified atom stereocenters. The minimum Gasteiger partial charge on any atom is -0.454 e. The van der Waals surface area contributed by atoms with E-state index in [9.17, 15) is 5.11 Å². The standard InChI is InChI=1S/C13H19NO4/c1-9(14-6-13(2,16)7-15)10-3-4-11-12(5-10)18-8-17-11/h3-5,9,14-16H,6-8H2,1-2H3. The first kappa shape index (κ1) is 13.1. The Hall–Kier alpha value is -1.30. The van der Waals surface area contributed by atoms with E-state index in [4.69, 9.17) is 14.6 Å². The molecule has 0 amide bonds. The molecule has 0 fully saturated rings. The summed E-state index contributed by atoms with van der Waals surface area (Å²) >= 11 is 0. The lowest BCUT2D eigenvalue weighted by Gasteiger charge is -2.24. The number of hydrogen-bond donors (Lipinski definition) is 3. The second-order valence-electron chi connectivity index (χ2n) is 4.87. The van der Waals surface area contributed by atoms with Crippen LogP contribution in [0.4, 0.5) is 0 Å². The molecule has 1 aromatic rings. The molecule has 0 saturated heterocycles. The minimum atomic E-state index is -1.11. The number of nitrogens with one attached hydrogen (secondary N) is 1. The molecule has 18 heavy (non-hydrogen) atoms. The van der Waals surface area contributed by atoms with Crippen molar-refractivity contribution in [3.8, 4) is 11.5 Å². The fraction of sp³-hybridized carbons (Fsp3) is 0.538. The highest BCUT2D eigenvalue weighted by molar-refractivity contribution is 5.45. The topological polar surface area (TPSA) is 71.0 Å². The fourth-order valence-electron chi connectivity index (χ4n) is 1.73. The van der Waals surface area contributed by atoms with Crippen molar-refractivity contribution in [3.63, 3.8) is 0 Å². The Balaban J connectivity index is 1.99. The van der Waals surface area contributed by atoms with E-state index in [0.29, 0.717) is 6.54 Å². The Morgan fingerprint density at radius 3 is 2.83 bits per heavy atom. The van der Waals surface area contributed by atoms with Gasteiger partial charge in [0.1, 0.15) is 0 Å². The number of hydrogen-bond acceptors (Lipinski definition) is 5. The summed E-state index contributed by atoms with van der Waals surface area (Å²) in [4.78, 5) is 0. The van der Waals surface area contributed by atoms with Gasteiger partial charge >= 0.3 is 0 Å². The van der Waals surface area contributed by atoms with E-state index >= 15 is 0 Å². The van der Waals surface area contributed by atoms with Crippen LogP contribution < -0.4 is 14.8 Å². The number of aliphatic hydroxyl groups is 2. The number of ether oxygens (including phenoxy) is 2. The first-order chi connectivity index (χ1) is 8.52. The molecule has 1 aliphatic rings. The van der Waals surface area contributed by atoms with Gasteiger partial charge < -0.3 is 25.0 Å². The van der Waals surface area contributed by atoms with Gasteiger partial charge in [-0.15, -0.1) is 0 Å². The molecule has 0 bridgehead atoms. The molecule has 2 atom stereocenters. The summed E-state index contributed by atoms with van der Waals surface area (Å²) in [5.41, 5.74) is -0.0575. The Morgan fingerprint density at radius 2 is 2.11 bits per heavy atom. The number of benzene rings is 1. The molecule has 3 N–H and O–H groups in total. The van der Waals surface area contributed by atoms with Gasteiger partial charge in [-0.05, 0) is 31.5 Å². The van der Waals surface area contributed by atoms with Crippen LogP contribution in [0.15, 0.2) is 18.2 Å². The molecular formula is C13H19NO4. The number of fused-ring (bicyclic) bond motifs is 1. The summed E-state index contributed by atoms with van der Waals surface area (Å²) in [5.74, 6) is 1.50. The second-order valence-corrected chi connectivity index (χ2v) is 4.87. The van der Waals surface area contributed by atoms with E-state index < -0.39 is 5.60 Å². The highest BCUT2D eigenvalue weighted by atomic mass is 16.7. The molecule has 0 radical (unpaired) electrons. The Bertz CT molecular complexity index is 419. The lowest BCUT2D eigenvalue weighted by Crippen LogP contribution is -2.41. The van der Waals surface area contributed by atoms with Crippen molar-refractivity contribution in [2.45, 2.75) is 25.5 Å². The van der Waals surface area contributed by atoms with Crippen LogP contribution in [0, 0.1) is 0 Å². The van der Waals surface area contributed by atoms with Gasteiger partial charge in [-0.25, -0.2) is 0 Å². The van der Waals surface area contributed by atoms with Crippen LogP contribution in [0.2, 0.25) is 0 Å². The monoisotopic (exact) mass is 253 g/mol. The molecule has 0 saturated carbocycles. The third-order valence-corrected chi connectivity index (χ3v) is 3.03. The van der Waals surface area contributed by atoms with Crippen molar-refractivity contribution in [2.24, 2.45) is 0 Å². The summed E-state index contributed by atoms with van der Waals surface area (Å²) in [6.07, 6.45) is 0. The molecule has 1 heterocycles. The zero-order valence-corrected chi connectivity index (χ0v) is 10.6. The average molecular weight is 253 g/mol. The van der Waals surface area contributed by atoms with Gasteiger partial charge in [0.25, 0.3) is 0 Å². The van der Waals surface area contributed by atoms with E-state index in [1.54, 1.807) is 6.92 Å². The molecule has 0 spiro atoms. The van der Waals surface area contributed by atoms with Gasteiger partial charge in [-0.1, -0.05) is 6.07 Å². The van der Waals surface area contributed by atoms with Crippen molar-refractivity contribution < 1.29 is 19.7 Å². The lowest BCUT2D eigenvalue weighted by molar-refractivity contribution is 0.00106. The van der Waals surface area contributed by atoms with Gasteiger partial charge in [0.05, 0.1) is 12.2 Å². The highest BCUT2D eigenvalue weighted by Crippen LogP contribution is 2.34. The van der Waals surface area contributed by atoms with Gasteiger partial charge in [-0.2, -0.15) is 0 Å². The lowest BCUT2D eigenvalue weighted by atomic mass is 10.0. The highest BCUT2D eigenvalue weighted by Gasteiger charge is 2.21. The Morgan fingerprint density at radius 1 is 1.39 bits per heavy atom. The summed E-state index contributed by atoms with van der Waals surface area (Å²) in [6, 6.07) is 5.81. The van der Waals surface area contributed by atoms with Crippen LogP contribution >= 0.6 is 0 Å². The minimum absolute atomic E-state index is 0.0533. The predicted octanol–water partition coefficient (Wildman–Crippen LogP) is 0.809. The van der Waals surface area contributed by atoms with Crippen LogP contribution in [-0.4, -0.2) is 35.8 Å². The summed E-state index contributed by atoms with van der Waals surface area (Å²) < 4.78 is 10.6. The summed E-state index contributed by atoms with van der Waals surface area (Å²) in [6.45, 7) is 3.89. The molecule has 2 rings (SSSR count). The van der Waals surface area contributed by atoms with Crippen molar-refractivity contribution in [1.29, 1.82) is 0 Å². The van der Waals surface area contributed by atoms with Crippen LogP contribution in [0.3, 0.4) is 0 Å². The number of rotatable bonds is 5. The maximum absolute atomic E-state index is 9.72. The summed E-state index contributed by atoms with van der Waals surface area (Å²) in [5, 5.41) is 21.9. The fourth-order valence-corrected chi connectivity index (χ4v) is 1.73. The molecule has 100 valence electrons. The van der Waals surface area contributed by atoms with Gasteiger partial charge in [-0.3, -0.25) is 0 Å². The van der Waals surface area contributed by atoms with E-state index in [1.165, 1.54) is 0 Å². The average Bonchev–Trinajstić information content (AvgIpc) is 2.83. The summed E-state index contributed by atoms with van der Waals surface area (Å²) in [7, 11) is 0. The van der Waals surface area contributed by atoms with Gasteiger partial charge in [0.15, 0.2) is 11.5 Å². The zero-order valence-electron chi connectivity index (χ0n) is 10.6. The maximum Gasteiger partial charge on any atom is 0.231 e. The molecule has 5 heteroatoms. The predicted molar refractivity (Wildman–Crippen MR) is 66.7 cm³/mol. The first-order valence-corrected chi connectivity index (χ1v) is 5.98. The van der Waals surface area contributed by atoms with E-state index in [2.05, 4.69) is 5.32 Å². The molecule has 1 aliphatic heterocycles. The van der Waals surface area contributed by atoms with Gasteiger partial charge in [0, 0.05) is 12.6 Å². The normalized spacial score (nSPS) is 18.4. The molecule has 0 aromatic heterocycles. The molecule has 1 aromatic carbocycles. The van der Waals surface area contributed by atoms with Crippen molar-refractivity contribution >= 4 is 0 Å². The molecule has 0 aliphatic carbocycles. The third kappa shape index (κ3) is 2.93. The van der Waals surface area contributed by atoms with Crippen LogP contribution in [-0.2, 0) is 0 Å². The number of aliphatic hydroxyl groups excluding tert-OH is 1. The SMILES string of the molecule is CC(NCC(C)(O)CO)c1ccc2c(c1)OCO2. The molecular weight excluding hydrogens is 234 g/mol. The zero-order chi connectivity index (χ0) is 13.2. The maximum atomic E-state index is 9.72. The van der Waals surface area contributed by atoms with E-state index in [0.717, 1.165) is 17.1 Å². The third-order valence-electron chi connectivity index (χ3n) is 3.03. The van der Waals surface area contributed by atoms with E-state index in [-0.39, 0.29) is 19.4 Å². The van der Waals surface area contributed by atoms with Gasteiger partial charge in [0.2, 0.25) is 6.79 Å².